The van der Waals surface area contributed by atoms with E-state index >= 15 is 0 Å². The van der Waals surface area contributed by atoms with Gasteiger partial charge in [0.05, 0.1) is 0 Å². The van der Waals surface area contributed by atoms with Crippen LogP contribution >= 0.6 is 24.8 Å². The molecular weight excluding hydrogens is 731 g/mol. The molecule has 0 aliphatic rings. The van der Waals surface area contributed by atoms with Crippen LogP contribution in [0.4, 0.5) is 0 Å². The molecule has 1 unspecified atom stereocenters. The third-order valence-electron chi connectivity index (χ3n) is 8.91. The van der Waals surface area contributed by atoms with Crippen LogP contribution in [0.25, 0.3) is 43.8 Å². The predicted molar refractivity (Wildman–Crippen MR) is 224 cm³/mol. The molecule has 0 saturated heterocycles. The van der Waals surface area contributed by atoms with E-state index in [1.165, 1.54) is 102 Å². The van der Waals surface area contributed by atoms with Crippen molar-refractivity contribution >= 4 is 53.2 Å². The molecule has 0 amide bonds. The molecule has 0 heterocycles. The first-order valence-corrected chi connectivity index (χ1v) is 20.6. The summed E-state index contributed by atoms with van der Waals surface area (Å²) in [5.41, 5.74) is 11.1. The number of halogens is 2. The molecule has 0 nitrogen and oxygen atoms in total. The van der Waals surface area contributed by atoms with Gasteiger partial charge in [0.25, 0.3) is 0 Å². The Morgan fingerprint density at radius 3 is 1.61 bits per heavy atom. The molecule has 0 aromatic heterocycles. The molecule has 0 bridgehead atoms. The van der Waals surface area contributed by atoms with E-state index in [0.29, 0.717) is 11.8 Å². The van der Waals surface area contributed by atoms with Crippen molar-refractivity contribution in [2.24, 2.45) is 0 Å². The average Bonchev–Trinajstić information content (AvgIpc) is 3.65. The van der Waals surface area contributed by atoms with Crippen LogP contribution in [0.2, 0.25) is 0 Å². The standard InChI is InChI=1S/C23H27.C20H21.2CH3.2ClH.Si.Zr/c1-5-7-17(4)21-14-20-8-6-9-22(23(20)15-21)19-12-10-18(11-13-19)16(2)3;1-14-12-16-6-5-7-18(19(16)13-14)15-8-10-17(11-9-15)20(2,3)4;;;;;;/h6,8-17H,5,7H2,1-4H3;5-13H,1-4H3;2*1H3;2*1H;;/q4*-1;;;;. The van der Waals surface area contributed by atoms with Gasteiger partial charge in [-0.05, 0) is 45.9 Å². The molecule has 6 aromatic rings. The fraction of sp³-hybridized carbons (Fsp3) is 0.289. The van der Waals surface area contributed by atoms with Crippen LogP contribution in [0.5, 0.6) is 0 Å². The predicted octanol–water partition coefficient (Wildman–Crippen LogP) is 14.4. The molecule has 4 heteroatoms. The van der Waals surface area contributed by atoms with Crippen molar-refractivity contribution < 1.29 is 23.3 Å². The summed E-state index contributed by atoms with van der Waals surface area (Å²) in [4.78, 5) is 0. The number of hydrogen-bond donors (Lipinski definition) is 0. The molecule has 0 aliphatic heterocycles. The molecule has 262 valence electrons. The van der Waals surface area contributed by atoms with Crippen LogP contribution in [-0.2, 0) is 28.8 Å². The van der Waals surface area contributed by atoms with E-state index < -0.39 is 0 Å². The van der Waals surface area contributed by atoms with E-state index in [1.54, 1.807) is 0 Å². The first-order valence-electron chi connectivity index (χ1n) is 16.4. The Balaban J connectivity index is 0.000000836. The third kappa shape index (κ3) is 11.7. The van der Waals surface area contributed by atoms with Gasteiger partial charge in [-0.25, -0.2) is 0 Å². The van der Waals surface area contributed by atoms with Gasteiger partial charge in [-0.15, -0.1) is 93.9 Å². The second kappa shape index (κ2) is 21.2. The molecule has 0 spiro atoms. The average molecular weight is 787 g/mol. The van der Waals surface area contributed by atoms with Crippen LogP contribution in [-0.4, -0.2) is 6.88 Å². The minimum atomic E-state index is 0. The number of fused-ring (bicyclic) bond motifs is 2. The molecule has 0 N–H and O–H groups in total. The fourth-order valence-electron chi connectivity index (χ4n) is 6.23. The molecule has 1 atom stereocenters. The van der Waals surface area contributed by atoms with Crippen molar-refractivity contribution in [1.82, 2.24) is 0 Å². The second-order valence-electron chi connectivity index (χ2n) is 13.7. The number of rotatable bonds is 6. The Bertz CT molecular complexity index is 1820. The van der Waals surface area contributed by atoms with Gasteiger partial charge in [0.2, 0.25) is 0 Å². The Hall–Kier alpha value is -2.22. The van der Waals surface area contributed by atoms with Gasteiger partial charge in [-0.3, -0.25) is 0 Å². The zero-order valence-corrected chi connectivity index (χ0v) is 36.4. The molecular formula is C45H56Cl2SiZr-4. The zero-order chi connectivity index (χ0) is 32.7. The summed E-state index contributed by atoms with van der Waals surface area (Å²) in [6.45, 7) is 21.1. The van der Waals surface area contributed by atoms with E-state index in [4.69, 9.17) is 0 Å². The molecule has 6 aromatic carbocycles. The van der Waals surface area contributed by atoms with E-state index in [-0.39, 0.29) is 45.1 Å². The topological polar surface area (TPSA) is 0 Å². The van der Waals surface area contributed by atoms with Crippen molar-refractivity contribution in [3.63, 3.8) is 0 Å². The van der Waals surface area contributed by atoms with Crippen LogP contribution in [0.15, 0.2) is 109 Å². The molecule has 0 aliphatic carbocycles. The monoisotopic (exact) mass is 784 g/mol. The Labute approximate surface area is 328 Å². The summed E-state index contributed by atoms with van der Waals surface area (Å²) >= 11 is 1.36. The summed E-state index contributed by atoms with van der Waals surface area (Å²) in [7, 11) is 0. The SMILES string of the molecule is CCCC(C)c1cc2c(-c3ccc(C(C)C)cc3)cccc2[cH-]1.Cc1cc2c(-c3ccc(C(C)(C)C)cc3)cccc2[cH-]1.Cl.Cl.[CH3-].[CH3-].[Si]=[Zr]. The summed E-state index contributed by atoms with van der Waals surface area (Å²) in [6.07, 6.45) is 2.50. The van der Waals surface area contributed by atoms with Gasteiger partial charge in [0.15, 0.2) is 0 Å². The molecule has 49 heavy (non-hydrogen) atoms. The number of hydrogen-bond acceptors (Lipinski definition) is 0. The molecule has 2 radical (unpaired) electrons. The first kappa shape index (κ1) is 46.8. The van der Waals surface area contributed by atoms with Gasteiger partial charge in [-0.2, -0.15) is 12.1 Å². The third-order valence-corrected chi connectivity index (χ3v) is 8.91. The van der Waals surface area contributed by atoms with Crippen LogP contribution in [0.3, 0.4) is 0 Å². The number of aryl methyl sites for hydroxylation is 1. The molecule has 0 fully saturated rings. The van der Waals surface area contributed by atoms with Crippen molar-refractivity contribution in [1.29, 1.82) is 0 Å². The van der Waals surface area contributed by atoms with Crippen LogP contribution < -0.4 is 0 Å². The van der Waals surface area contributed by atoms with E-state index in [0.717, 1.165) is 0 Å². The fourth-order valence-corrected chi connectivity index (χ4v) is 6.23. The Kier molecular flexibility index (Phi) is 20.3. The van der Waals surface area contributed by atoms with Gasteiger partial charge in [0, 0.05) is 0 Å². The summed E-state index contributed by atoms with van der Waals surface area (Å²) < 4.78 is 0. The maximum absolute atomic E-state index is 3.06. The van der Waals surface area contributed by atoms with Gasteiger partial charge in [-0.1, -0.05) is 134 Å². The molecule has 6 rings (SSSR count). The Morgan fingerprint density at radius 2 is 1.14 bits per heavy atom. The van der Waals surface area contributed by atoms with Crippen LogP contribution in [0.1, 0.15) is 95.4 Å². The van der Waals surface area contributed by atoms with Crippen molar-refractivity contribution in [2.75, 3.05) is 0 Å². The Morgan fingerprint density at radius 1 is 0.673 bits per heavy atom. The minimum absolute atomic E-state index is 0. The van der Waals surface area contributed by atoms with Crippen molar-refractivity contribution in [3.8, 4) is 22.3 Å². The van der Waals surface area contributed by atoms with Crippen LogP contribution in [0, 0.1) is 21.8 Å². The number of benzene rings is 4. The maximum atomic E-state index is 3.06. The van der Waals surface area contributed by atoms with Gasteiger partial charge in [0.1, 0.15) is 0 Å². The zero-order valence-electron chi connectivity index (χ0n) is 31.3. The van der Waals surface area contributed by atoms with Crippen molar-refractivity contribution in [3.05, 3.63) is 146 Å². The van der Waals surface area contributed by atoms with E-state index in [1.807, 2.05) is 0 Å². The van der Waals surface area contributed by atoms with E-state index in [2.05, 4.69) is 171 Å². The van der Waals surface area contributed by atoms with Gasteiger partial charge >= 0.3 is 30.2 Å². The van der Waals surface area contributed by atoms with Gasteiger partial charge < -0.3 is 14.9 Å². The first-order chi connectivity index (χ1) is 21.5. The normalized spacial score (nSPS) is 11.0. The second-order valence-corrected chi connectivity index (χ2v) is 13.7. The molecule has 0 saturated carbocycles. The van der Waals surface area contributed by atoms with Crippen molar-refractivity contribution in [2.45, 2.75) is 85.5 Å². The quantitative estimate of drug-likeness (QED) is 0.117. The summed E-state index contributed by atoms with van der Waals surface area (Å²) in [5, 5.41) is 5.45. The summed E-state index contributed by atoms with van der Waals surface area (Å²) in [5.74, 6) is 1.23. The summed E-state index contributed by atoms with van der Waals surface area (Å²) in [6, 6.07) is 40.6. The van der Waals surface area contributed by atoms with E-state index in [9.17, 15) is 0 Å².